The maximum Gasteiger partial charge on any atom is 0.347 e. The molecule has 0 aliphatic carbocycles. The van der Waals surface area contributed by atoms with E-state index in [0.29, 0.717) is 11.1 Å². The van der Waals surface area contributed by atoms with Crippen LogP contribution in [0.1, 0.15) is 55.7 Å². The van der Waals surface area contributed by atoms with Crippen molar-refractivity contribution in [2.45, 2.75) is 69.8 Å². The number of rotatable bonds is 10. The summed E-state index contributed by atoms with van der Waals surface area (Å²) in [6.45, 7) is 6.77. The molecule has 17 nitrogen and oxygen atoms in total. The van der Waals surface area contributed by atoms with Gasteiger partial charge in [0, 0.05) is 6.42 Å². The lowest BCUT2D eigenvalue weighted by Crippen LogP contribution is -2.46. The molecule has 1 fully saturated rings. The van der Waals surface area contributed by atoms with Crippen LogP contribution in [0.25, 0.3) is 11.2 Å². The van der Waals surface area contributed by atoms with Crippen LogP contribution in [-0.2, 0) is 41.3 Å². The first-order chi connectivity index (χ1) is 21.8. The van der Waals surface area contributed by atoms with E-state index in [9.17, 15) is 19.8 Å². The van der Waals surface area contributed by atoms with Crippen molar-refractivity contribution in [3.05, 3.63) is 52.8 Å². The molecule has 4 N–H and O–H groups in total. The number of methoxy groups -OCH3 is 1. The first kappa shape index (κ1) is 33.1. The van der Waals surface area contributed by atoms with E-state index in [-0.39, 0.29) is 41.1 Å². The van der Waals surface area contributed by atoms with Crippen molar-refractivity contribution < 1.29 is 38.7 Å². The maximum absolute atomic E-state index is 13.8. The first-order valence-electron chi connectivity index (χ1n) is 14.3. The van der Waals surface area contributed by atoms with E-state index in [1.54, 1.807) is 31.2 Å². The first-order valence-corrected chi connectivity index (χ1v) is 14.6. The Labute approximate surface area is 267 Å². The van der Waals surface area contributed by atoms with Gasteiger partial charge in [-0.1, -0.05) is 12.1 Å². The highest BCUT2D eigenvalue weighted by Crippen LogP contribution is 2.36. The number of tetrazole rings is 1. The molecule has 4 heterocycles. The van der Waals surface area contributed by atoms with Crippen molar-refractivity contribution in [3.8, 4) is 0 Å². The second kappa shape index (κ2) is 12.8. The van der Waals surface area contributed by atoms with E-state index >= 15 is 0 Å². The Hall–Kier alpha value is -4.29. The molecule has 0 saturated carbocycles. The van der Waals surface area contributed by atoms with Crippen LogP contribution < -0.4 is 5.73 Å². The Bertz CT molecular complexity index is 1720. The minimum atomic E-state index is -1.99. The summed E-state index contributed by atoms with van der Waals surface area (Å²) in [6, 6.07) is 6.33. The summed E-state index contributed by atoms with van der Waals surface area (Å²) in [5.41, 5.74) is 4.58. The Kier molecular flexibility index (Phi) is 9.23. The lowest BCUT2D eigenvalue weighted by Gasteiger charge is -2.30. The number of aliphatic hydroxyl groups excluding tert-OH is 2. The fraction of sp³-hybridized carbons (Fsp3) is 0.500. The topological polar surface area (TPSA) is 225 Å². The second-order valence-corrected chi connectivity index (χ2v) is 11.9. The van der Waals surface area contributed by atoms with E-state index in [1.807, 2.05) is 20.8 Å². The fourth-order valence-corrected chi connectivity index (χ4v) is 5.08. The molecule has 1 aliphatic heterocycles. The molecule has 246 valence electrons. The second-order valence-electron chi connectivity index (χ2n) is 11.5. The van der Waals surface area contributed by atoms with Gasteiger partial charge in [0.2, 0.25) is 16.7 Å². The lowest BCUT2D eigenvalue weighted by atomic mass is 9.92. The number of nitrogens with zero attached hydrogens (tertiary/aromatic N) is 8. The number of nitrogens with two attached hydrogens (primary N) is 1. The van der Waals surface area contributed by atoms with E-state index < -0.39 is 54.2 Å². The van der Waals surface area contributed by atoms with Gasteiger partial charge in [0.05, 0.1) is 37.8 Å². The third-order valence-corrected chi connectivity index (χ3v) is 7.50. The van der Waals surface area contributed by atoms with Gasteiger partial charge < -0.3 is 34.9 Å². The summed E-state index contributed by atoms with van der Waals surface area (Å²) in [4.78, 5) is 39.4. The Morgan fingerprint density at radius 2 is 1.85 bits per heavy atom. The molecule has 0 radical (unpaired) electrons. The van der Waals surface area contributed by atoms with Crippen LogP contribution in [0.2, 0.25) is 5.28 Å². The van der Waals surface area contributed by atoms with Crippen molar-refractivity contribution in [2.75, 3.05) is 26.1 Å². The maximum atomic E-state index is 13.8. The zero-order chi connectivity index (χ0) is 33.4. The van der Waals surface area contributed by atoms with Crippen LogP contribution in [0.4, 0.5) is 5.82 Å². The molecule has 1 aromatic carbocycles. The number of esters is 2. The standard InChI is InChI=1S/C28H34ClN9O8/c1-6-44-25(42)28(24-34-36-38(35-24)27(2,3)4,11-14-7-9-15(10-8-14)23(41)43-5)45-12-16-18(39)19(40)22(46-16)37-13-31-17-20(30)32-26(29)33-21(17)37/h7-10,13,16,18-19,22,39-40H,6,11-12H2,1-5H3,(H2,30,32,33)/t16-,18-,19-,22-,28?/m1/s1. The summed E-state index contributed by atoms with van der Waals surface area (Å²) in [5.74, 6) is -1.44. The highest BCUT2D eigenvalue weighted by atomic mass is 35.5. The predicted molar refractivity (Wildman–Crippen MR) is 159 cm³/mol. The predicted octanol–water partition coefficient (Wildman–Crippen LogP) is 0.927. The van der Waals surface area contributed by atoms with E-state index in [1.165, 1.54) is 22.8 Å². The minimum absolute atomic E-state index is 0.00320. The van der Waals surface area contributed by atoms with E-state index in [4.69, 9.17) is 36.3 Å². The average Bonchev–Trinajstić information content (AvgIpc) is 3.74. The monoisotopic (exact) mass is 659 g/mol. The SMILES string of the molecule is CCOC(=O)C(Cc1ccc(C(=O)OC)cc1)(OC[C@H]1O[C@@H](n2cnc3c(N)nc(Cl)nc32)[C@H](O)[C@@H]1O)c1nnn(C(C)(C)C)n1. The molecular weight excluding hydrogens is 626 g/mol. The van der Waals surface area contributed by atoms with Crippen molar-refractivity contribution in [1.29, 1.82) is 0 Å². The molecule has 5 rings (SSSR count). The molecule has 1 aliphatic rings. The summed E-state index contributed by atoms with van der Waals surface area (Å²) in [6.07, 6.45) is -4.12. The number of carbonyl (C=O) groups is 2. The Morgan fingerprint density at radius 3 is 2.48 bits per heavy atom. The number of hydrogen-bond donors (Lipinski definition) is 3. The molecule has 5 atom stereocenters. The average molecular weight is 660 g/mol. The lowest BCUT2D eigenvalue weighted by molar-refractivity contribution is -0.183. The molecule has 3 aromatic heterocycles. The molecule has 0 bridgehead atoms. The van der Waals surface area contributed by atoms with Gasteiger partial charge in [0.1, 0.15) is 23.8 Å². The molecule has 0 amide bonds. The normalized spacial score (nSPS) is 21.3. The zero-order valence-electron chi connectivity index (χ0n) is 25.7. The molecular formula is C28H34ClN9O8. The summed E-state index contributed by atoms with van der Waals surface area (Å²) < 4.78 is 24.0. The number of benzene rings is 1. The number of halogens is 1. The van der Waals surface area contributed by atoms with Gasteiger partial charge in [0.15, 0.2) is 17.7 Å². The van der Waals surface area contributed by atoms with Gasteiger partial charge >= 0.3 is 11.9 Å². The molecule has 1 unspecified atom stereocenters. The number of aromatic nitrogens is 8. The molecule has 0 spiro atoms. The third-order valence-electron chi connectivity index (χ3n) is 7.33. The third kappa shape index (κ3) is 6.23. The van der Waals surface area contributed by atoms with Crippen molar-refractivity contribution in [3.63, 3.8) is 0 Å². The number of hydrogen-bond acceptors (Lipinski definition) is 15. The number of imidazole rings is 1. The number of anilines is 1. The van der Waals surface area contributed by atoms with Crippen LogP contribution in [0.5, 0.6) is 0 Å². The minimum Gasteiger partial charge on any atom is -0.465 e. The van der Waals surface area contributed by atoms with Crippen LogP contribution in [-0.4, -0.2) is 101 Å². The molecule has 4 aromatic rings. The number of carbonyl (C=O) groups excluding carboxylic acids is 2. The van der Waals surface area contributed by atoms with Gasteiger partial charge in [-0.3, -0.25) is 4.57 Å². The number of nitrogen functional groups attached to an aromatic ring is 1. The van der Waals surface area contributed by atoms with Crippen LogP contribution >= 0.6 is 11.6 Å². The summed E-state index contributed by atoms with van der Waals surface area (Å²) >= 11 is 5.99. The van der Waals surface area contributed by atoms with Gasteiger partial charge in [-0.25, -0.2) is 14.6 Å². The molecule has 1 saturated heterocycles. The van der Waals surface area contributed by atoms with Crippen molar-refractivity contribution in [2.24, 2.45) is 0 Å². The smallest absolute Gasteiger partial charge is 0.347 e. The largest absolute Gasteiger partial charge is 0.465 e. The van der Waals surface area contributed by atoms with E-state index in [2.05, 4.69) is 30.4 Å². The Balaban J connectivity index is 1.50. The van der Waals surface area contributed by atoms with Crippen LogP contribution in [0.15, 0.2) is 30.6 Å². The van der Waals surface area contributed by atoms with E-state index in [0.717, 1.165) is 0 Å². The van der Waals surface area contributed by atoms with Gasteiger partial charge in [0.25, 0.3) is 0 Å². The summed E-state index contributed by atoms with van der Waals surface area (Å²) in [5, 5.41) is 34.7. The number of aliphatic hydroxyl groups is 2. The zero-order valence-corrected chi connectivity index (χ0v) is 26.5. The molecule has 46 heavy (non-hydrogen) atoms. The van der Waals surface area contributed by atoms with Gasteiger partial charge in [-0.15, -0.1) is 10.2 Å². The van der Waals surface area contributed by atoms with Crippen molar-refractivity contribution >= 4 is 40.5 Å². The number of fused-ring (bicyclic) bond motifs is 1. The fourth-order valence-electron chi connectivity index (χ4n) is 4.91. The van der Waals surface area contributed by atoms with Crippen LogP contribution in [0, 0.1) is 0 Å². The van der Waals surface area contributed by atoms with Gasteiger partial charge in [-0.05, 0) is 62.2 Å². The Morgan fingerprint density at radius 1 is 1.13 bits per heavy atom. The highest BCUT2D eigenvalue weighted by molar-refractivity contribution is 6.28. The van der Waals surface area contributed by atoms with Gasteiger partial charge in [-0.2, -0.15) is 14.8 Å². The summed E-state index contributed by atoms with van der Waals surface area (Å²) in [7, 11) is 1.27. The number of ether oxygens (including phenoxy) is 4. The van der Waals surface area contributed by atoms with Crippen molar-refractivity contribution in [1.82, 2.24) is 39.7 Å². The van der Waals surface area contributed by atoms with Crippen LogP contribution in [0.3, 0.4) is 0 Å². The quantitative estimate of drug-likeness (QED) is 0.159. The highest BCUT2D eigenvalue weighted by Gasteiger charge is 2.51. The molecule has 18 heteroatoms.